The van der Waals surface area contributed by atoms with Crippen LogP contribution in [0.4, 0.5) is 17.3 Å². The molecule has 7 nitrogen and oxygen atoms in total. The minimum absolute atomic E-state index is 0.605. The molecule has 0 aliphatic rings. The predicted octanol–water partition coefficient (Wildman–Crippen LogP) is 3.43. The summed E-state index contributed by atoms with van der Waals surface area (Å²) >= 11 is 1.54. The molecule has 0 unspecified atom stereocenters. The minimum atomic E-state index is 0.605. The molecule has 3 rings (SSSR count). The Hall–Kier alpha value is -2.71. The number of rotatable bonds is 8. The lowest BCUT2D eigenvalue weighted by Crippen LogP contribution is -2.22. The smallest absolute Gasteiger partial charge is 0.175 e. The van der Waals surface area contributed by atoms with Gasteiger partial charge in [0.2, 0.25) is 0 Å². The van der Waals surface area contributed by atoms with Gasteiger partial charge in [-0.05, 0) is 24.3 Å². The van der Waals surface area contributed by atoms with Crippen molar-refractivity contribution in [3.05, 3.63) is 42.0 Å². The van der Waals surface area contributed by atoms with Crippen LogP contribution in [0.2, 0.25) is 0 Å². The van der Waals surface area contributed by atoms with E-state index in [0.717, 1.165) is 22.9 Å². The van der Waals surface area contributed by atoms with Gasteiger partial charge in [-0.1, -0.05) is 0 Å². The lowest BCUT2D eigenvalue weighted by Gasteiger charge is -2.18. The van der Waals surface area contributed by atoms with E-state index in [9.17, 15) is 0 Å². The van der Waals surface area contributed by atoms with Crippen LogP contribution >= 0.6 is 11.3 Å². The van der Waals surface area contributed by atoms with Crippen molar-refractivity contribution < 1.29 is 9.47 Å². The molecule has 0 spiro atoms. The van der Waals surface area contributed by atoms with E-state index in [0.29, 0.717) is 24.0 Å². The number of nitrogens with zero attached hydrogens (tertiary/aromatic N) is 4. The van der Waals surface area contributed by atoms with Crippen LogP contribution in [0.15, 0.2) is 42.0 Å². The van der Waals surface area contributed by atoms with Crippen LogP contribution in [0.1, 0.15) is 0 Å². The maximum Gasteiger partial charge on any atom is 0.175 e. The second kappa shape index (κ2) is 8.59. The number of aromatic nitrogens is 3. The lowest BCUT2D eigenvalue weighted by atomic mass is 10.3. The second-order valence-electron chi connectivity index (χ2n) is 5.53. The average molecular weight is 371 g/mol. The molecule has 136 valence electrons. The number of methoxy groups -OCH3 is 2. The Kier molecular flexibility index (Phi) is 5.98. The highest BCUT2D eigenvalue weighted by atomic mass is 32.1. The summed E-state index contributed by atoms with van der Waals surface area (Å²) in [6.45, 7) is 1.47. The number of hydrogen-bond donors (Lipinski definition) is 1. The molecule has 0 aliphatic heterocycles. The van der Waals surface area contributed by atoms with Gasteiger partial charge in [0.25, 0.3) is 0 Å². The van der Waals surface area contributed by atoms with Gasteiger partial charge in [0.05, 0.1) is 25.6 Å². The second-order valence-corrected chi connectivity index (χ2v) is 6.42. The summed E-state index contributed by atoms with van der Waals surface area (Å²) in [7, 11) is 5.32. The zero-order valence-corrected chi connectivity index (χ0v) is 15.8. The summed E-state index contributed by atoms with van der Waals surface area (Å²) < 4.78 is 10.5. The zero-order valence-electron chi connectivity index (χ0n) is 15.0. The first kappa shape index (κ1) is 18.1. The zero-order chi connectivity index (χ0) is 18.4. The van der Waals surface area contributed by atoms with Gasteiger partial charge in [-0.3, -0.25) is 0 Å². The van der Waals surface area contributed by atoms with Gasteiger partial charge < -0.3 is 19.7 Å². The maximum atomic E-state index is 5.40. The van der Waals surface area contributed by atoms with Crippen molar-refractivity contribution in [1.82, 2.24) is 15.0 Å². The van der Waals surface area contributed by atoms with E-state index in [1.165, 1.54) is 0 Å². The third kappa shape index (κ3) is 4.27. The van der Waals surface area contributed by atoms with Crippen molar-refractivity contribution in [2.75, 3.05) is 44.6 Å². The normalized spacial score (nSPS) is 10.6. The third-order valence-electron chi connectivity index (χ3n) is 3.80. The van der Waals surface area contributed by atoms with Crippen molar-refractivity contribution in [3.8, 4) is 16.5 Å². The number of ether oxygens (including phenoxy) is 2. The molecule has 0 aromatic carbocycles. The molecular formula is C18H21N5O2S. The van der Waals surface area contributed by atoms with E-state index in [1.54, 1.807) is 31.8 Å². The molecular weight excluding hydrogens is 350 g/mol. The molecule has 0 atom stereocenters. The predicted molar refractivity (Wildman–Crippen MR) is 105 cm³/mol. The highest BCUT2D eigenvalue weighted by Gasteiger charge is 2.11. The highest BCUT2D eigenvalue weighted by Crippen LogP contribution is 2.29. The first-order valence-electron chi connectivity index (χ1n) is 8.09. The van der Waals surface area contributed by atoms with Crippen molar-refractivity contribution in [2.45, 2.75) is 0 Å². The van der Waals surface area contributed by atoms with Crippen molar-refractivity contribution in [1.29, 1.82) is 0 Å². The van der Waals surface area contributed by atoms with E-state index in [2.05, 4.69) is 25.2 Å². The molecule has 3 heterocycles. The molecule has 0 radical (unpaired) electrons. The van der Waals surface area contributed by atoms with Crippen LogP contribution in [-0.2, 0) is 4.74 Å². The molecule has 0 saturated carbocycles. The summed E-state index contributed by atoms with van der Waals surface area (Å²) in [4.78, 5) is 15.5. The summed E-state index contributed by atoms with van der Waals surface area (Å²) in [5, 5.41) is 6.01. The van der Waals surface area contributed by atoms with E-state index >= 15 is 0 Å². The van der Waals surface area contributed by atoms with Crippen LogP contribution in [-0.4, -0.2) is 49.4 Å². The van der Waals surface area contributed by atoms with Crippen molar-refractivity contribution in [2.24, 2.45) is 0 Å². The first-order valence-corrected chi connectivity index (χ1v) is 8.97. The largest absolute Gasteiger partial charge is 0.493 e. The number of hydrogen-bond acceptors (Lipinski definition) is 8. The number of nitrogens with one attached hydrogen (secondary N) is 1. The van der Waals surface area contributed by atoms with Crippen LogP contribution in [0.25, 0.3) is 10.7 Å². The Labute approximate surface area is 156 Å². The molecule has 0 bridgehead atoms. The Morgan fingerprint density at radius 1 is 1.15 bits per heavy atom. The van der Waals surface area contributed by atoms with Crippen LogP contribution in [0.5, 0.6) is 5.75 Å². The van der Waals surface area contributed by atoms with Gasteiger partial charge in [-0.25, -0.2) is 15.0 Å². The van der Waals surface area contributed by atoms with Gasteiger partial charge in [-0.15, -0.1) is 11.3 Å². The molecule has 3 aromatic rings. The molecule has 0 fully saturated rings. The van der Waals surface area contributed by atoms with E-state index in [-0.39, 0.29) is 0 Å². The molecule has 0 aliphatic carbocycles. The van der Waals surface area contributed by atoms with Gasteiger partial charge in [-0.2, -0.15) is 0 Å². The Bertz CT molecular complexity index is 824. The lowest BCUT2D eigenvalue weighted by molar-refractivity contribution is 0.206. The fourth-order valence-electron chi connectivity index (χ4n) is 2.33. The van der Waals surface area contributed by atoms with E-state index < -0.39 is 0 Å². The summed E-state index contributed by atoms with van der Waals surface area (Å²) in [6.07, 6.45) is 3.58. The number of anilines is 3. The maximum absolute atomic E-state index is 5.40. The Morgan fingerprint density at radius 2 is 2.04 bits per heavy atom. The fourth-order valence-corrected chi connectivity index (χ4v) is 2.94. The van der Waals surface area contributed by atoms with Crippen LogP contribution in [0, 0.1) is 0 Å². The molecule has 8 heteroatoms. The minimum Gasteiger partial charge on any atom is -0.493 e. The Balaban J connectivity index is 1.78. The molecule has 0 saturated heterocycles. The monoisotopic (exact) mass is 371 g/mol. The average Bonchev–Trinajstić information content (AvgIpc) is 3.21. The first-order chi connectivity index (χ1) is 12.7. The number of thiazole rings is 1. The van der Waals surface area contributed by atoms with Crippen molar-refractivity contribution >= 4 is 28.7 Å². The summed E-state index contributed by atoms with van der Waals surface area (Å²) in [5.74, 6) is 1.94. The van der Waals surface area contributed by atoms with E-state index in [4.69, 9.17) is 9.47 Å². The number of pyridine rings is 2. The third-order valence-corrected chi connectivity index (χ3v) is 4.59. The quantitative estimate of drug-likeness (QED) is 0.650. The molecule has 3 aromatic heterocycles. The summed E-state index contributed by atoms with van der Waals surface area (Å²) in [5.41, 5.74) is 1.81. The fraction of sp³-hybridized carbons (Fsp3) is 0.278. The van der Waals surface area contributed by atoms with Gasteiger partial charge in [0.15, 0.2) is 11.6 Å². The van der Waals surface area contributed by atoms with Crippen LogP contribution < -0.4 is 15.0 Å². The standard InChI is InChI=1S/C18H21N5O2S/c1-23(9-10-24-2)13-4-7-16(20-12-13)22-17-15(25-3)6-5-14(21-17)18-19-8-11-26-18/h4-8,11-12H,9-10H2,1-3H3,(H,20,21,22). The van der Waals surface area contributed by atoms with Crippen molar-refractivity contribution in [3.63, 3.8) is 0 Å². The van der Waals surface area contributed by atoms with Gasteiger partial charge in [0.1, 0.15) is 16.5 Å². The van der Waals surface area contributed by atoms with E-state index in [1.807, 2.05) is 42.9 Å². The van der Waals surface area contributed by atoms with Crippen LogP contribution in [0.3, 0.4) is 0 Å². The topological polar surface area (TPSA) is 72.4 Å². The van der Waals surface area contributed by atoms with Gasteiger partial charge in [0, 0.05) is 32.3 Å². The highest BCUT2D eigenvalue weighted by molar-refractivity contribution is 7.13. The SMILES string of the molecule is COCCN(C)c1ccc(Nc2nc(-c3nccs3)ccc2OC)nc1. The molecule has 0 amide bonds. The molecule has 26 heavy (non-hydrogen) atoms. The number of likely N-dealkylation sites (N-methyl/N-ethyl adjacent to an activating group) is 1. The van der Waals surface area contributed by atoms with Gasteiger partial charge >= 0.3 is 0 Å². The Morgan fingerprint density at radius 3 is 2.69 bits per heavy atom. The summed E-state index contributed by atoms with van der Waals surface area (Å²) in [6, 6.07) is 7.68. The molecule has 1 N–H and O–H groups in total.